The van der Waals surface area contributed by atoms with E-state index in [-0.39, 0.29) is 0 Å². The van der Waals surface area contributed by atoms with Gasteiger partial charge in [-0.15, -0.1) is 5.10 Å². The van der Waals surface area contributed by atoms with E-state index >= 15 is 0 Å². The van der Waals surface area contributed by atoms with Crippen LogP contribution in [0.3, 0.4) is 0 Å². The second-order valence-corrected chi connectivity index (χ2v) is 3.05. The Hall–Kier alpha value is -2.17. The molecule has 82 valence electrons. The van der Waals surface area contributed by atoms with E-state index in [0.717, 1.165) is 11.3 Å². The molecule has 0 fully saturated rings. The fraction of sp³-hybridized carbons (Fsp3) is 0.182. The van der Waals surface area contributed by atoms with Crippen LogP contribution >= 0.6 is 0 Å². The van der Waals surface area contributed by atoms with Crippen LogP contribution in [-0.4, -0.2) is 29.4 Å². The molecule has 5 heteroatoms. The first-order valence-electron chi connectivity index (χ1n) is 4.71. The van der Waals surface area contributed by atoms with E-state index in [1.54, 1.807) is 14.2 Å². The van der Waals surface area contributed by atoms with Crippen molar-refractivity contribution in [3.05, 3.63) is 30.5 Å². The molecule has 0 amide bonds. The molecule has 0 radical (unpaired) electrons. The van der Waals surface area contributed by atoms with Crippen molar-refractivity contribution in [1.29, 1.82) is 0 Å². The van der Waals surface area contributed by atoms with Gasteiger partial charge in [0.25, 0.3) is 0 Å². The van der Waals surface area contributed by atoms with E-state index in [9.17, 15) is 0 Å². The maximum Gasteiger partial charge on any atom is 0.236 e. The standard InChI is InChI=1S/C11H11N3O2/c1-15-9-5-3-8(4-6-9)11-13-10(16-2)7-12-14-11/h3-7H,1-2H3. The summed E-state index contributed by atoms with van der Waals surface area (Å²) < 4.78 is 10.1. The minimum atomic E-state index is 0.445. The number of ether oxygens (including phenoxy) is 2. The Morgan fingerprint density at radius 3 is 2.38 bits per heavy atom. The molecule has 1 heterocycles. The topological polar surface area (TPSA) is 57.1 Å². The second kappa shape index (κ2) is 4.57. The minimum absolute atomic E-state index is 0.445. The van der Waals surface area contributed by atoms with Gasteiger partial charge in [0.15, 0.2) is 5.82 Å². The Balaban J connectivity index is 2.34. The van der Waals surface area contributed by atoms with Gasteiger partial charge in [-0.1, -0.05) is 0 Å². The predicted molar refractivity (Wildman–Crippen MR) is 58.4 cm³/mol. The number of hydrogen-bond acceptors (Lipinski definition) is 5. The molecule has 0 spiro atoms. The molecule has 0 saturated carbocycles. The van der Waals surface area contributed by atoms with Gasteiger partial charge in [0.05, 0.1) is 14.2 Å². The summed E-state index contributed by atoms with van der Waals surface area (Å²) in [6.45, 7) is 0. The molecule has 0 aliphatic rings. The summed E-state index contributed by atoms with van der Waals surface area (Å²) in [5.74, 6) is 1.77. The summed E-state index contributed by atoms with van der Waals surface area (Å²) in [5, 5.41) is 7.74. The quantitative estimate of drug-likeness (QED) is 0.780. The summed E-state index contributed by atoms with van der Waals surface area (Å²) in [7, 11) is 3.17. The summed E-state index contributed by atoms with van der Waals surface area (Å²) in [4.78, 5) is 4.18. The van der Waals surface area contributed by atoms with E-state index in [0.29, 0.717) is 11.7 Å². The maximum absolute atomic E-state index is 5.07. The van der Waals surface area contributed by atoms with E-state index < -0.39 is 0 Å². The van der Waals surface area contributed by atoms with Crippen molar-refractivity contribution in [2.24, 2.45) is 0 Å². The van der Waals surface area contributed by atoms with Crippen molar-refractivity contribution in [1.82, 2.24) is 15.2 Å². The smallest absolute Gasteiger partial charge is 0.236 e. The zero-order valence-electron chi connectivity index (χ0n) is 9.04. The first kappa shape index (κ1) is 10.4. The maximum atomic E-state index is 5.07. The molecule has 0 atom stereocenters. The van der Waals surface area contributed by atoms with E-state index in [4.69, 9.17) is 9.47 Å². The van der Waals surface area contributed by atoms with Crippen molar-refractivity contribution in [2.75, 3.05) is 14.2 Å². The van der Waals surface area contributed by atoms with Gasteiger partial charge in [-0.25, -0.2) is 0 Å². The molecular formula is C11H11N3O2. The summed E-state index contributed by atoms with van der Waals surface area (Å²) >= 11 is 0. The molecule has 1 aromatic carbocycles. The zero-order chi connectivity index (χ0) is 11.4. The van der Waals surface area contributed by atoms with Crippen molar-refractivity contribution in [3.63, 3.8) is 0 Å². The third-order valence-corrected chi connectivity index (χ3v) is 2.09. The van der Waals surface area contributed by atoms with Crippen LogP contribution < -0.4 is 9.47 Å². The highest BCUT2D eigenvalue weighted by Crippen LogP contribution is 2.19. The van der Waals surface area contributed by atoms with Crippen molar-refractivity contribution >= 4 is 0 Å². The van der Waals surface area contributed by atoms with Crippen LogP contribution in [0.5, 0.6) is 11.6 Å². The van der Waals surface area contributed by atoms with E-state index in [1.807, 2.05) is 24.3 Å². The molecule has 16 heavy (non-hydrogen) atoms. The zero-order valence-corrected chi connectivity index (χ0v) is 9.04. The Labute approximate surface area is 93.1 Å². The monoisotopic (exact) mass is 217 g/mol. The SMILES string of the molecule is COc1ccc(-c2nncc(OC)n2)cc1. The summed E-state index contributed by atoms with van der Waals surface area (Å²) in [5.41, 5.74) is 0.868. The number of hydrogen-bond donors (Lipinski definition) is 0. The first-order chi connectivity index (χ1) is 7.83. The first-order valence-corrected chi connectivity index (χ1v) is 4.71. The Kier molecular flexibility index (Phi) is 2.95. The van der Waals surface area contributed by atoms with Crippen LogP contribution in [0.25, 0.3) is 11.4 Å². The molecule has 1 aromatic heterocycles. The number of aromatic nitrogens is 3. The van der Waals surface area contributed by atoms with Gasteiger partial charge in [0.1, 0.15) is 11.9 Å². The Bertz CT molecular complexity index is 471. The minimum Gasteiger partial charge on any atom is -0.497 e. The van der Waals surface area contributed by atoms with Gasteiger partial charge >= 0.3 is 0 Å². The lowest BCUT2D eigenvalue weighted by molar-refractivity contribution is 0.394. The third kappa shape index (κ3) is 2.08. The summed E-state index contributed by atoms with van der Waals surface area (Å²) in [6.07, 6.45) is 1.47. The normalized spacial score (nSPS) is 9.88. The molecular weight excluding hydrogens is 206 g/mol. The van der Waals surface area contributed by atoms with Crippen molar-refractivity contribution in [3.8, 4) is 23.0 Å². The highest BCUT2D eigenvalue weighted by molar-refractivity contribution is 5.55. The van der Waals surface area contributed by atoms with E-state index in [2.05, 4.69) is 15.2 Å². The third-order valence-electron chi connectivity index (χ3n) is 2.09. The van der Waals surface area contributed by atoms with Crippen molar-refractivity contribution in [2.45, 2.75) is 0 Å². The van der Waals surface area contributed by atoms with Crippen LogP contribution in [0, 0.1) is 0 Å². The molecule has 0 aliphatic heterocycles. The molecule has 0 saturated heterocycles. The van der Waals surface area contributed by atoms with Gasteiger partial charge in [-0.2, -0.15) is 10.1 Å². The fourth-order valence-corrected chi connectivity index (χ4v) is 1.25. The van der Waals surface area contributed by atoms with Crippen molar-refractivity contribution < 1.29 is 9.47 Å². The van der Waals surface area contributed by atoms with Crippen LogP contribution in [0.2, 0.25) is 0 Å². The highest BCUT2D eigenvalue weighted by atomic mass is 16.5. The molecule has 2 rings (SSSR count). The van der Waals surface area contributed by atoms with Crippen LogP contribution in [-0.2, 0) is 0 Å². The highest BCUT2D eigenvalue weighted by Gasteiger charge is 2.03. The lowest BCUT2D eigenvalue weighted by Gasteiger charge is -2.02. The van der Waals surface area contributed by atoms with E-state index in [1.165, 1.54) is 6.20 Å². The predicted octanol–water partition coefficient (Wildman–Crippen LogP) is 1.56. The van der Waals surface area contributed by atoms with Crippen LogP contribution in [0.4, 0.5) is 0 Å². The molecule has 0 bridgehead atoms. The Morgan fingerprint density at radius 2 is 1.75 bits per heavy atom. The van der Waals surface area contributed by atoms with Gasteiger partial charge in [0.2, 0.25) is 5.88 Å². The lowest BCUT2D eigenvalue weighted by atomic mass is 10.2. The van der Waals surface area contributed by atoms with Gasteiger partial charge < -0.3 is 9.47 Å². The largest absolute Gasteiger partial charge is 0.497 e. The van der Waals surface area contributed by atoms with Gasteiger partial charge in [0, 0.05) is 5.56 Å². The molecule has 5 nitrogen and oxygen atoms in total. The van der Waals surface area contributed by atoms with Crippen LogP contribution in [0.15, 0.2) is 30.5 Å². The van der Waals surface area contributed by atoms with Gasteiger partial charge in [-0.05, 0) is 24.3 Å². The molecule has 2 aromatic rings. The number of methoxy groups -OCH3 is 2. The fourth-order valence-electron chi connectivity index (χ4n) is 1.25. The number of nitrogens with zero attached hydrogens (tertiary/aromatic N) is 3. The Morgan fingerprint density at radius 1 is 1.00 bits per heavy atom. The molecule has 0 aliphatic carbocycles. The lowest BCUT2D eigenvalue weighted by Crippen LogP contribution is -1.95. The second-order valence-electron chi connectivity index (χ2n) is 3.05. The molecule has 0 N–H and O–H groups in total. The number of rotatable bonds is 3. The number of benzene rings is 1. The average molecular weight is 217 g/mol. The molecule has 0 unspecified atom stereocenters. The average Bonchev–Trinajstić information content (AvgIpc) is 2.39. The van der Waals surface area contributed by atoms with Crippen LogP contribution in [0.1, 0.15) is 0 Å². The van der Waals surface area contributed by atoms with Gasteiger partial charge in [-0.3, -0.25) is 0 Å². The summed E-state index contributed by atoms with van der Waals surface area (Å²) in [6, 6.07) is 7.43.